The molecule has 2 aromatic carbocycles. The van der Waals surface area contributed by atoms with Crippen molar-refractivity contribution in [3.8, 4) is 0 Å². The molecule has 4 heteroatoms. The van der Waals surface area contributed by atoms with Crippen LogP contribution in [0, 0.1) is 5.82 Å². The van der Waals surface area contributed by atoms with Crippen molar-refractivity contribution in [1.82, 2.24) is 0 Å². The van der Waals surface area contributed by atoms with Crippen LogP contribution in [0.4, 0.5) is 10.1 Å². The highest BCUT2D eigenvalue weighted by atomic mass is 19.1. The van der Waals surface area contributed by atoms with E-state index >= 15 is 0 Å². The second kappa shape index (κ2) is 5.97. The molecule has 0 spiro atoms. The molecule has 0 saturated heterocycles. The smallest absolute Gasteiger partial charge is 0.262 e. The van der Waals surface area contributed by atoms with Crippen molar-refractivity contribution in [2.45, 2.75) is 24.9 Å². The second-order valence-electron chi connectivity index (χ2n) is 5.64. The zero-order chi connectivity index (χ0) is 16.4. The van der Waals surface area contributed by atoms with E-state index in [1.54, 1.807) is 0 Å². The number of carbonyl (C=O) groups excluding carboxylic acids is 1. The first kappa shape index (κ1) is 15.4. The molecule has 2 aromatic rings. The van der Waals surface area contributed by atoms with E-state index in [0.29, 0.717) is 5.69 Å². The van der Waals surface area contributed by atoms with Gasteiger partial charge in [-0.25, -0.2) is 4.39 Å². The molecule has 2 N–H and O–H groups in total. The highest BCUT2D eigenvalue weighted by Crippen LogP contribution is 2.46. The summed E-state index contributed by atoms with van der Waals surface area (Å²) >= 11 is 0. The van der Waals surface area contributed by atoms with E-state index in [2.05, 4.69) is 5.32 Å². The average Bonchev–Trinajstić information content (AvgIpc) is 2.81. The van der Waals surface area contributed by atoms with Gasteiger partial charge in [-0.3, -0.25) is 4.79 Å². The molecule has 0 bridgehead atoms. The van der Waals surface area contributed by atoms with Crippen LogP contribution in [0.3, 0.4) is 0 Å². The predicted molar refractivity (Wildman–Crippen MR) is 87.5 cm³/mol. The number of aliphatic hydroxyl groups is 1. The van der Waals surface area contributed by atoms with Gasteiger partial charge in [-0.15, -0.1) is 0 Å². The summed E-state index contributed by atoms with van der Waals surface area (Å²) < 4.78 is 13.7. The number of amides is 1. The van der Waals surface area contributed by atoms with Gasteiger partial charge in [0.25, 0.3) is 5.91 Å². The van der Waals surface area contributed by atoms with Crippen LogP contribution in [0.1, 0.15) is 30.4 Å². The van der Waals surface area contributed by atoms with Crippen LogP contribution in [0.5, 0.6) is 0 Å². The number of allylic oxidation sites excluding steroid dienone is 1. The van der Waals surface area contributed by atoms with Gasteiger partial charge >= 0.3 is 0 Å². The van der Waals surface area contributed by atoms with Crippen LogP contribution in [-0.4, -0.2) is 11.0 Å². The topological polar surface area (TPSA) is 49.3 Å². The van der Waals surface area contributed by atoms with Crippen molar-refractivity contribution in [3.05, 3.63) is 77.6 Å². The normalized spacial score (nSPS) is 21.3. The molecule has 0 aliphatic carbocycles. The third kappa shape index (κ3) is 2.55. The number of carbonyl (C=O) groups is 1. The molecule has 118 valence electrons. The van der Waals surface area contributed by atoms with Crippen molar-refractivity contribution >= 4 is 11.6 Å². The molecule has 0 unspecified atom stereocenters. The van der Waals surface area contributed by atoms with E-state index < -0.39 is 23.2 Å². The molecule has 0 saturated carbocycles. The highest BCUT2D eigenvalue weighted by molar-refractivity contribution is 6.05. The van der Waals surface area contributed by atoms with Gasteiger partial charge in [-0.1, -0.05) is 49.4 Å². The van der Waals surface area contributed by atoms with Crippen molar-refractivity contribution in [2.75, 3.05) is 5.32 Å². The molecule has 1 aliphatic heterocycles. The Morgan fingerprint density at radius 1 is 1.26 bits per heavy atom. The number of hydrogen-bond acceptors (Lipinski definition) is 2. The van der Waals surface area contributed by atoms with Crippen LogP contribution in [0.2, 0.25) is 0 Å². The lowest BCUT2D eigenvalue weighted by Crippen LogP contribution is -2.39. The zero-order valence-electron chi connectivity index (χ0n) is 12.8. The monoisotopic (exact) mass is 311 g/mol. The van der Waals surface area contributed by atoms with Gasteiger partial charge in [0, 0.05) is 17.2 Å². The zero-order valence-corrected chi connectivity index (χ0v) is 12.8. The lowest BCUT2D eigenvalue weighted by molar-refractivity contribution is -0.134. The summed E-state index contributed by atoms with van der Waals surface area (Å²) in [7, 11) is 0. The number of anilines is 1. The lowest BCUT2D eigenvalue weighted by atomic mass is 9.77. The lowest BCUT2D eigenvalue weighted by Gasteiger charge is -2.29. The Bertz CT molecular complexity index is 757. The summed E-state index contributed by atoms with van der Waals surface area (Å²) in [6.45, 7) is 1.98. The molecule has 3 nitrogen and oxygen atoms in total. The van der Waals surface area contributed by atoms with Gasteiger partial charge in [0.15, 0.2) is 5.60 Å². The molecule has 3 rings (SSSR count). The number of halogens is 1. The molecular weight excluding hydrogens is 293 g/mol. The minimum atomic E-state index is -1.83. The molecule has 0 aromatic heterocycles. The Kier molecular flexibility index (Phi) is 4.01. The van der Waals surface area contributed by atoms with Crippen LogP contribution in [0.15, 0.2) is 60.7 Å². The summed E-state index contributed by atoms with van der Waals surface area (Å²) in [5.41, 5.74) is -0.307. The van der Waals surface area contributed by atoms with Crippen molar-refractivity contribution in [2.24, 2.45) is 0 Å². The fourth-order valence-electron chi connectivity index (χ4n) is 3.01. The van der Waals surface area contributed by atoms with E-state index in [4.69, 9.17) is 0 Å². The van der Waals surface area contributed by atoms with Crippen LogP contribution in [-0.2, 0) is 10.4 Å². The first-order chi connectivity index (χ1) is 11.1. The molecule has 1 amide bonds. The molecule has 0 radical (unpaired) electrons. The van der Waals surface area contributed by atoms with Gasteiger partial charge < -0.3 is 10.4 Å². The van der Waals surface area contributed by atoms with Crippen molar-refractivity contribution in [3.63, 3.8) is 0 Å². The number of nitrogens with one attached hydrogen (secondary N) is 1. The molecule has 2 atom stereocenters. The van der Waals surface area contributed by atoms with Gasteiger partial charge in [0.05, 0.1) is 0 Å². The third-order valence-electron chi connectivity index (χ3n) is 4.16. The Morgan fingerprint density at radius 3 is 2.70 bits per heavy atom. The second-order valence-corrected chi connectivity index (χ2v) is 5.64. The minimum absolute atomic E-state index is 0.275. The first-order valence-corrected chi connectivity index (χ1v) is 7.62. The van der Waals surface area contributed by atoms with E-state index in [-0.39, 0.29) is 5.56 Å². The van der Waals surface area contributed by atoms with Gasteiger partial charge in [-0.2, -0.15) is 0 Å². The molecular formula is C19H18FNO2. The molecule has 1 heterocycles. The van der Waals surface area contributed by atoms with Gasteiger partial charge in [0.2, 0.25) is 0 Å². The Hall–Kier alpha value is -2.46. The maximum atomic E-state index is 13.7. The number of fused-ring (bicyclic) bond motifs is 1. The fourth-order valence-corrected chi connectivity index (χ4v) is 3.01. The summed E-state index contributed by atoms with van der Waals surface area (Å²) in [6, 6.07) is 13.3. The summed E-state index contributed by atoms with van der Waals surface area (Å²) in [6.07, 6.45) is 4.49. The van der Waals surface area contributed by atoms with E-state index in [0.717, 1.165) is 12.0 Å². The fraction of sp³-hybridized carbons (Fsp3) is 0.211. The Balaban J connectivity index is 2.17. The molecule has 1 aliphatic rings. The Morgan fingerprint density at radius 2 is 2.00 bits per heavy atom. The summed E-state index contributed by atoms with van der Waals surface area (Å²) in [4.78, 5) is 12.5. The highest BCUT2D eigenvalue weighted by Gasteiger charge is 2.51. The number of hydrogen-bond donors (Lipinski definition) is 2. The maximum Gasteiger partial charge on any atom is 0.262 e. The Labute approximate surface area is 134 Å². The van der Waals surface area contributed by atoms with Crippen LogP contribution < -0.4 is 5.32 Å². The van der Waals surface area contributed by atoms with Crippen molar-refractivity contribution < 1.29 is 14.3 Å². The average molecular weight is 311 g/mol. The number of benzene rings is 2. The van der Waals surface area contributed by atoms with Crippen LogP contribution in [0.25, 0.3) is 0 Å². The summed E-state index contributed by atoms with van der Waals surface area (Å²) in [5.74, 6) is -1.61. The summed E-state index contributed by atoms with van der Waals surface area (Å²) in [5, 5.41) is 13.9. The van der Waals surface area contributed by atoms with Gasteiger partial charge in [-0.05, 0) is 30.2 Å². The van der Waals surface area contributed by atoms with E-state index in [1.165, 1.54) is 18.2 Å². The quantitative estimate of drug-likeness (QED) is 0.846. The largest absolute Gasteiger partial charge is 0.374 e. The third-order valence-corrected chi connectivity index (χ3v) is 4.16. The van der Waals surface area contributed by atoms with Gasteiger partial charge in [0.1, 0.15) is 5.82 Å². The van der Waals surface area contributed by atoms with E-state index in [1.807, 2.05) is 49.4 Å². The minimum Gasteiger partial charge on any atom is -0.374 e. The van der Waals surface area contributed by atoms with E-state index in [9.17, 15) is 14.3 Å². The first-order valence-electron chi connectivity index (χ1n) is 7.62. The predicted octanol–water partition coefficient (Wildman–Crippen LogP) is 3.72. The SMILES string of the molecule is CC/C=C/[C@@H](c1ccccc1)[C@]1(O)C(=O)Nc2ccc(F)cc21. The van der Waals surface area contributed by atoms with Crippen LogP contribution >= 0.6 is 0 Å². The molecule has 23 heavy (non-hydrogen) atoms. The molecule has 0 fully saturated rings. The van der Waals surface area contributed by atoms with Crippen molar-refractivity contribution in [1.29, 1.82) is 0 Å². The number of rotatable bonds is 4. The maximum absolute atomic E-state index is 13.7. The standard InChI is InChI=1S/C19H18FNO2/c1-2-3-9-15(13-7-5-4-6-8-13)19(23)16-12-14(20)10-11-17(16)21-18(19)22/h3-12,15,23H,2H2,1H3,(H,21,22)/b9-3+/t15-,19+/m0/s1.